The normalized spacial score (nSPS) is 11.8. The molecular formula is C30H18O2. The van der Waals surface area contributed by atoms with E-state index in [0.29, 0.717) is 11.3 Å². The molecular weight excluding hydrogens is 392 g/mol. The molecule has 150 valence electrons. The van der Waals surface area contributed by atoms with E-state index in [4.69, 9.17) is 9.15 Å². The van der Waals surface area contributed by atoms with Gasteiger partial charge in [0.25, 0.3) is 0 Å². The molecule has 0 N–H and O–H groups in total. The fourth-order valence-corrected chi connectivity index (χ4v) is 4.96. The second kappa shape index (κ2) is 6.60. The number of rotatable bonds is 1. The Morgan fingerprint density at radius 1 is 0.406 bits per heavy atom. The van der Waals surface area contributed by atoms with Crippen molar-refractivity contribution in [3.8, 4) is 11.3 Å². The number of benzene rings is 6. The van der Waals surface area contributed by atoms with Crippen LogP contribution in [0.25, 0.3) is 65.4 Å². The van der Waals surface area contributed by atoms with Gasteiger partial charge in [0.1, 0.15) is 0 Å². The molecule has 7 rings (SSSR count). The second-order valence-electron chi connectivity index (χ2n) is 8.23. The van der Waals surface area contributed by atoms with Crippen LogP contribution >= 0.6 is 0 Å². The summed E-state index contributed by atoms with van der Waals surface area (Å²) >= 11 is 0. The smallest absolute Gasteiger partial charge is 0.186 e. The fraction of sp³-hybridized carbons (Fsp3) is 0. The van der Waals surface area contributed by atoms with E-state index in [0.717, 1.165) is 10.9 Å². The highest BCUT2D eigenvalue weighted by atomic mass is 17.0. The Kier molecular flexibility index (Phi) is 3.58. The van der Waals surface area contributed by atoms with Gasteiger partial charge in [-0.3, -0.25) is 9.15 Å². The van der Waals surface area contributed by atoms with Crippen molar-refractivity contribution in [1.82, 2.24) is 0 Å². The molecule has 32 heavy (non-hydrogen) atoms. The molecule has 1 aromatic heterocycles. The minimum absolute atomic E-state index is 0.693. The van der Waals surface area contributed by atoms with Crippen LogP contribution in [0.1, 0.15) is 0 Å². The summed E-state index contributed by atoms with van der Waals surface area (Å²) in [4.78, 5) is 0. The van der Waals surface area contributed by atoms with Crippen molar-refractivity contribution >= 4 is 54.1 Å². The van der Waals surface area contributed by atoms with Crippen molar-refractivity contribution in [2.75, 3.05) is 0 Å². The Bertz CT molecular complexity index is 1830. The van der Waals surface area contributed by atoms with Crippen molar-refractivity contribution in [3.63, 3.8) is 0 Å². The molecule has 0 unspecified atom stereocenters. The summed E-state index contributed by atoms with van der Waals surface area (Å²) in [5.41, 5.74) is 1.73. The highest BCUT2D eigenvalue weighted by Gasteiger charge is 2.16. The molecule has 0 bridgehead atoms. The first kappa shape index (κ1) is 17.4. The molecule has 2 heteroatoms. The van der Waals surface area contributed by atoms with Crippen molar-refractivity contribution in [2.45, 2.75) is 0 Å². The van der Waals surface area contributed by atoms with Crippen molar-refractivity contribution in [1.29, 1.82) is 0 Å². The number of hydrogen-bond acceptors (Lipinski definition) is 2. The van der Waals surface area contributed by atoms with Crippen LogP contribution in [0.3, 0.4) is 0 Å². The van der Waals surface area contributed by atoms with E-state index in [-0.39, 0.29) is 0 Å². The van der Waals surface area contributed by atoms with E-state index < -0.39 is 0 Å². The fourth-order valence-electron chi connectivity index (χ4n) is 4.96. The van der Waals surface area contributed by atoms with Gasteiger partial charge in [-0.25, -0.2) is 0 Å². The Hall–Kier alpha value is -4.30. The number of para-hydroxylation sites is 1. The molecule has 0 aliphatic rings. The molecule has 1 heterocycles. The Balaban J connectivity index is 1.67. The van der Waals surface area contributed by atoms with Crippen LogP contribution < -0.4 is 0 Å². The van der Waals surface area contributed by atoms with Crippen LogP contribution in [0.5, 0.6) is 0 Å². The first-order valence-corrected chi connectivity index (χ1v) is 10.8. The summed E-state index contributed by atoms with van der Waals surface area (Å²) in [6, 6.07) is 37.9. The monoisotopic (exact) mass is 410 g/mol. The van der Waals surface area contributed by atoms with Gasteiger partial charge < -0.3 is 0 Å². The summed E-state index contributed by atoms with van der Waals surface area (Å²) in [5, 5.41) is 10.9. The molecule has 0 radical (unpaired) electrons. The molecule has 0 aliphatic heterocycles. The molecule has 0 spiro atoms. The van der Waals surface area contributed by atoms with Gasteiger partial charge in [0, 0.05) is 10.9 Å². The SMILES string of the molecule is c1ccc2ooc(-c3cc4cccc5ccc6c7ccccc7cc3c6c54)cccc2c1. The van der Waals surface area contributed by atoms with E-state index in [1.165, 1.54) is 43.1 Å². The lowest BCUT2D eigenvalue weighted by atomic mass is 9.88. The molecule has 0 fully saturated rings. The molecule has 7 aromatic rings. The standard InChI is InChI=1S/C30H18O2/c1-3-12-23-21(8-1)17-26-25(28-14-6-9-19-7-2-4-13-27(19)31-32-28)18-22-11-5-10-20-15-16-24(23)30(26)29(20)22/h1-18H. The van der Waals surface area contributed by atoms with Gasteiger partial charge in [0.15, 0.2) is 11.3 Å². The molecule has 0 saturated heterocycles. The molecule has 0 saturated carbocycles. The zero-order chi connectivity index (χ0) is 21.1. The molecule has 0 amide bonds. The first-order chi connectivity index (χ1) is 15.9. The van der Waals surface area contributed by atoms with Gasteiger partial charge in [0.05, 0.1) is 0 Å². The maximum Gasteiger partial charge on any atom is 0.186 e. The van der Waals surface area contributed by atoms with Crippen LogP contribution in [0, 0.1) is 0 Å². The summed E-state index contributed by atoms with van der Waals surface area (Å²) < 4.78 is 11.7. The maximum absolute atomic E-state index is 5.94. The predicted molar refractivity (Wildman–Crippen MR) is 133 cm³/mol. The lowest BCUT2D eigenvalue weighted by Gasteiger charge is -2.15. The summed E-state index contributed by atoms with van der Waals surface area (Å²) in [6.45, 7) is 0. The highest BCUT2D eigenvalue weighted by molar-refractivity contribution is 6.31. The van der Waals surface area contributed by atoms with Gasteiger partial charge in [-0.15, -0.1) is 0 Å². The van der Waals surface area contributed by atoms with Crippen molar-refractivity contribution in [3.05, 3.63) is 109 Å². The van der Waals surface area contributed by atoms with Crippen LogP contribution in [-0.4, -0.2) is 0 Å². The maximum atomic E-state index is 5.94. The number of fused-ring (bicyclic) bond motifs is 3. The minimum atomic E-state index is 0.693. The molecule has 6 aromatic carbocycles. The third-order valence-corrected chi connectivity index (χ3v) is 6.42. The van der Waals surface area contributed by atoms with Gasteiger partial charge in [-0.1, -0.05) is 84.9 Å². The molecule has 2 nitrogen and oxygen atoms in total. The van der Waals surface area contributed by atoms with E-state index in [1.54, 1.807) is 0 Å². The third-order valence-electron chi connectivity index (χ3n) is 6.42. The molecule has 0 aliphatic carbocycles. The van der Waals surface area contributed by atoms with E-state index >= 15 is 0 Å². The van der Waals surface area contributed by atoms with E-state index in [2.05, 4.69) is 66.7 Å². The predicted octanol–water partition coefficient (Wildman–Crippen LogP) is 8.87. The van der Waals surface area contributed by atoms with Crippen LogP contribution in [0.2, 0.25) is 0 Å². The third kappa shape index (κ3) is 2.47. The van der Waals surface area contributed by atoms with Gasteiger partial charge in [0.2, 0.25) is 0 Å². The van der Waals surface area contributed by atoms with E-state index in [9.17, 15) is 0 Å². The number of hydrogen-bond donors (Lipinski definition) is 0. The lowest BCUT2D eigenvalue weighted by Crippen LogP contribution is -1.89. The summed E-state index contributed by atoms with van der Waals surface area (Å²) in [7, 11) is 0. The van der Waals surface area contributed by atoms with Crippen LogP contribution in [0.4, 0.5) is 0 Å². The lowest BCUT2D eigenvalue weighted by molar-refractivity contribution is 0.0772. The van der Waals surface area contributed by atoms with Gasteiger partial charge >= 0.3 is 0 Å². The largest absolute Gasteiger partial charge is 0.289 e. The second-order valence-corrected chi connectivity index (χ2v) is 8.23. The topological polar surface area (TPSA) is 26.3 Å². The van der Waals surface area contributed by atoms with E-state index in [1.807, 2.05) is 42.5 Å². The molecule has 0 atom stereocenters. The minimum Gasteiger partial charge on any atom is -0.289 e. The van der Waals surface area contributed by atoms with Crippen LogP contribution in [0.15, 0.2) is 118 Å². The van der Waals surface area contributed by atoms with Crippen molar-refractivity contribution in [2.24, 2.45) is 0 Å². The Morgan fingerprint density at radius 2 is 1.16 bits per heavy atom. The Morgan fingerprint density at radius 3 is 2.12 bits per heavy atom. The highest BCUT2D eigenvalue weighted by Crippen LogP contribution is 2.43. The van der Waals surface area contributed by atoms with Gasteiger partial charge in [-0.2, -0.15) is 0 Å². The zero-order valence-corrected chi connectivity index (χ0v) is 17.2. The Labute approximate surface area is 183 Å². The average molecular weight is 410 g/mol. The first-order valence-electron chi connectivity index (χ1n) is 10.8. The zero-order valence-electron chi connectivity index (χ0n) is 17.2. The van der Waals surface area contributed by atoms with Crippen LogP contribution in [-0.2, 0) is 0 Å². The summed E-state index contributed by atoms with van der Waals surface area (Å²) in [5.74, 6) is 0.693. The van der Waals surface area contributed by atoms with Crippen molar-refractivity contribution < 1.29 is 9.15 Å². The average Bonchev–Trinajstić information content (AvgIpc) is 2.83. The quantitative estimate of drug-likeness (QED) is 0.153. The van der Waals surface area contributed by atoms with Gasteiger partial charge in [-0.05, 0) is 67.4 Å². The summed E-state index contributed by atoms with van der Waals surface area (Å²) in [6.07, 6.45) is 0.